The molecule has 10 nitrogen and oxygen atoms in total. The molecule has 1 N–H and O–H groups in total. The van der Waals surface area contributed by atoms with Crippen molar-refractivity contribution in [1.29, 1.82) is 0 Å². The molecule has 0 amide bonds. The summed E-state index contributed by atoms with van der Waals surface area (Å²) >= 11 is 0. The van der Waals surface area contributed by atoms with Gasteiger partial charge in [0.25, 0.3) is 0 Å². The maximum atomic E-state index is 14.0. The third-order valence-corrected chi connectivity index (χ3v) is 12.3. The number of aliphatic hydroxyl groups is 1. The van der Waals surface area contributed by atoms with Crippen LogP contribution in [0.3, 0.4) is 0 Å². The molecule has 6 rings (SSSR count). The number of cyclic esters (lactones) is 1. The Labute approximate surface area is 266 Å². The molecule has 5 fully saturated rings. The van der Waals surface area contributed by atoms with Crippen LogP contribution in [0.15, 0.2) is 11.6 Å². The molecule has 252 valence electrons. The number of hydrogen-bond acceptors (Lipinski definition) is 10. The van der Waals surface area contributed by atoms with E-state index in [1.54, 1.807) is 21.3 Å². The zero-order chi connectivity index (χ0) is 32.2. The molecule has 16 atom stereocenters. The van der Waals surface area contributed by atoms with Gasteiger partial charge < -0.3 is 33.5 Å². The predicted molar refractivity (Wildman–Crippen MR) is 162 cm³/mol. The van der Waals surface area contributed by atoms with Crippen LogP contribution in [0.4, 0.5) is 0 Å². The second-order valence-corrected chi connectivity index (χ2v) is 14.5. The quantitative estimate of drug-likeness (QED) is 0.434. The second kappa shape index (κ2) is 13.4. The van der Waals surface area contributed by atoms with E-state index in [1.807, 2.05) is 20.8 Å². The number of aliphatic hydroxyl groups excluding tert-OH is 1. The summed E-state index contributed by atoms with van der Waals surface area (Å²) < 4.78 is 36.1. The summed E-state index contributed by atoms with van der Waals surface area (Å²) in [5.74, 6) is -0.542. The topological polar surface area (TPSA) is 127 Å². The van der Waals surface area contributed by atoms with Gasteiger partial charge in [0.2, 0.25) is 0 Å². The Bertz CT molecular complexity index is 1150. The van der Waals surface area contributed by atoms with Gasteiger partial charge in [-0.1, -0.05) is 19.9 Å². The third-order valence-electron chi connectivity index (χ3n) is 12.3. The number of allylic oxidation sites excluding steroid dienone is 2. The Morgan fingerprint density at radius 3 is 2.29 bits per heavy atom. The number of ether oxygens (including phenoxy) is 6. The molecule has 0 aromatic carbocycles. The number of carbonyl (C=O) groups is 3. The van der Waals surface area contributed by atoms with Gasteiger partial charge in [-0.05, 0) is 80.6 Å². The lowest BCUT2D eigenvalue weighted by molar-refractivity contribution is -0.314. The molecule has 3 unspecified atom stereocenters. The van der Waals surface area contributed by atoms with Gasteiger partial charge in [0, 0.05) is 45.5 Å². The lowest BCUT2D eigenvalue weighted by Gasteiger charge is -2.54. The number of esters is 1. The molecule has 0 aromatic rings. The fraction of sp³-hybridized carbons (Fsp3) is 0.857. The van der Waals surface area contributed by atoms with Crippen LogP contribution in [0.5, 0.6) is 0 Å². The number of hydrogen-bond donors (Lipinski definition) is 1. The van der Waals surface area contributed by atoms with Crippen LogP contribution in [0.1, 0.15) is 72.1 Å². The number of fused-ring (bicyclic) bond motifs is 8. The first-order valence-electron chi connectivity index (χ1n) is 17.2. The molecule has 2 saturated heterocycles. The molecule has 0 spiro atoms. The standard InChI is InChI=1S/C35H52O10/c1-7-18-9-8-10-26(36)16(2)31(39)24-13-22-20-11-19(45-35-34(42-6)33(41-5)32(40-4)17(3)43-35)12-21(20)30-25(14-27(30)37)29(22)23(24)15-28(38)44-18/h13,16-23,25-26,29-30,32-36H,7-12,14-15H2,1-6H3/t16-,17?,18+,19+,20-,21-,22+,23-,25-,26+,29-,30+,32+,33?,34?,35+/m1/s1. The van der Waals surface area contributed by atoms with E-state index in [1.165, 1.54) is 0 Å². The molecular weight excluding hydrogens is 580 g/mol. The van der Waals surface area contributed by atoms with E-state index in [9.17, 15) is 19.5 Å². The third kappa shape index (κ3) is 5.86. The first kappa shape index (κ1) is 33.2. The van der Waals surface area contributed by atoms with Crippen molar-refractivity contribution in [3.05, 3.63) is 11.6 Å². The van der Waals surface area contributed by atoms with Gasteiger partial charge in [-0.2, -0.15) is 0 Å². The van der Waals surface area contributed by atoms with Crippen LogP contribution in [0.2, 0.25) is 0 Å². The number of ketones is 2. The fourth-order valence-electron chi connectivity index (χ4n) is 10.1. The number of carbonyl (C=O) groups excluding carboxylic acids is 3. The maximum absolute atomic E-state index is 14.0. The fourth-order valence-corrected chi connectivity index (χ4v) is 10.1. The zero-order valence-electron chi connectivity index (χ0n) is 27.6. The minimum absolute atomic E-state index is 0.0181. The molecule has 2 heterocycles. The minimum Gasteiger partial charge on any atom is -0.462 e. The average Bonchev–Trinajstić information content (AvgIpc) is 3.58. The van der Waals surface area contributed by atoms with Gasteiger partial charge >= 0.3 is 5.97 Å². The lowest BCUT2D eigenvalue weighted by Crippen LogP contribution is -2.59. The van der Waals surface area contributed by atoms with Crippen LogP contribution in [-0.2, 0) is 42.8 Å². The van der Waals surface area contributed by atoms with Crippen molar-refractivity contribution in [2.75, 3.05) is 21.3 Å². The zero-order valence-corrected chi connectivity index (χ0v) is 27.6. The van der Waals surface area contributed by atoms with Crippen molar-refractivity contribution < 1.29 is 47.9 Å². The van der Waals surface area contributed by atoms with Crippen molar-refractivity contribution >= 4 is 17.5 Å². The molecule has 0 bridgehead atoms. The van der Waals surface area contributed by atoms with E-state index in [0.717, 1.165) is 12.8 Å². The highest BCUT2D eigenvalue weighted by Crippen LogP contribution is 2.64. The van der Waals surface area contributed by atoms with Crippen LogP contribution in [-0.4, -0.2) is 93.0 Å². The Kier molecular flexibility index (Phi) is 9.92. The van der Waals surface area contributed by atoms with Crippen LogP contribution in [0.25, 0.3) is 0 Å². The van der Waals surface area contributed by atoms with E-state index >= 15 is 0 Å². The van der Waals surface area contributed by atoms with E-state index in [4.69, 9.17) is 28.4 Å². The SMILES string of the molecule is CC[C@H]1CCC[C@H](O)[C@@H](C)C(=O)C2=C[C@H]3[C@@H]4C[C@H](O[C@@H]5OC(C)[C@H](OC)C(OC)C5OC)C[C@H]4[C@@H]4C(=O)C[C@@H]4[C@H]3[C@@H]2CC(=O)O1. The molecule has 6 aliphatic rings. The predicted octanol–water partition coefficient (Wildman–Crippen LogP) is 3.66. The van der Waals surface area contributed by atoms with E-state index in [-0.39, 0.29) is 95.9 Å². The van der Waals surface area contributed by atoms with Gasteiger partial charge in [-0.3, -0.25) is 14.4 Å². The van der Waals surface area contributed by atoms with E-state index in [2.05, 4.69) is 6.08 Å². The number of Topliss-reactive ketones (excluding diaryl/α,β-unsaturated/α-hetero) is 2. The van der Waals surface area contributed by atoms with Crippen molar-refractivity contribution in [2.24, 2.45) is 47.3 Å². The highest BCUT2D eigenvalue weighted by molar-refractivity contribution is 5.99. The molecule has 4 aliphatic carbocycles. The van der Waals surface area contributed by atoms with Crippen molar-refractivity contribution in [1.82, 2.24) is 0 Å². The molecule has 45 heavy (non-hydrogen) atoms. The van der Waals surface area contributed by atoms with Crippen molar-refractivity contribution in [2.45, 2.75) is 121 Å². The largest absolute Gasteiger partial charge is 0.462 e. The second-order valence-electron chi connectivity index (χ2n) is 14.5. The normalized spacial score (nSPS) is 48.5. The van der Waals surface area contributed by atoms with Gasteiger partial charge in [0.05, 0.1) is 24.7 Å². The van der Waals surface area contributed by atoms with Crippen LogP contribution in [0, 0.1) is 47.3 Å². The average molecular weight is 633 g/mol. The summed E-state index contributed by atoms with van der Waals surface area (Å²) in [7, 11) is 4.88. The van der Waals surface area contributed by atoms with Gasteiger partial charge in [0.15, 0.2) is 12.1 Å². The van der Waals surface area contributed by atoms with Gasteiger partial charge in [-0.25, -0.2) is 0 Å². The highest BCUT2D eigenvalue weighted by Gasteiger charge is 2.64. The highest BCUT2D eigenvalue weighted by atomic mass is 16.7. The summed E-state index contributed by atoms with van der Waals surface area (Å²) in [5, 5.41) is 11.0. The maximum Gasteiger partial charge on any atom is 0.306 e. The van der Waals surface area contributed by atoms with Crippen molar-refractivity contribution in [3.8, 4) is 0 Å². The van der Waals surface area contributed by atoms with E-state index in [0.29, 0.717) is 37.7 Å². The summed E-state index contributed by atoms with van der Waals surface area (Å²) in [6, 6.07) is 0. The Morgan fingerprint density at radius 1 is 0.911 bits per heavy atom. The Balaban J connectivity index is 1.27. The lowest BCUT2D eigenvalue weighted by atomic mass is 9.49. The summed E-state index contributed by atoms with van der Waals surface area (Å²) in [4.78, 5) is 40.6. The Hall–Kier alpha value is -1.69. The monoisotopic (exact) mass is 632 g/mol. The van der Waals surface area contributed by atoms with Gasteiger partial charge in [-0.15, -0.1) is 0 Å². The molecular formula is C35H52O10. The molecule has 2 aliphatic heterocycles. The van der Waals surface area contributed by atoms with Crippen LogP contribution >= 0.6 is 0 Å². The first-order valence-corrected chi connectivity index (χ1v) is 17.2. The first-order chi connectivity index (χ1) is 21.6. The Morgan fingerprint density at radius 2 is 1.62 bits per heavy atom. The van der Waals surface area contributed by atoms with Gasteiger partial charge in [0.1, 0.15) is 30.2 Å². The smallest absolute Gasteiger partial charge is 0.306 e. The number of methoxy groups -OCH3 is 3. The minimum atomic E-state index is -0.746. The molecule has 3 saturated carbocycles. The van der Waals surface area contributed by atoms with E-state index < -0.39 is 24.4 Å². The summed E-state index contributed by atoms with van der Waals surface area (Å²) in [6.45, 7) is 5.76. The van der Waals surface area contributed by atoms with Crippen molar-refractivity contribution in [3.63, 3.8) is 0 Å². The molecule has 10 heteroatoms. The molecule has 0 aromatic heterocycles. The summed E-state index contributed by atoms with van der Waals surface area (Å²) in [5.41, 5.74) is 0.655. The van der Waals surface area contributed by atoms with Crippen LogP contribution < -0.4 is 0 Å². The number of rotatable bonds is 6. The molecule has 0 radical (unpaired) electrons. The summed E-state index contributed by atoms with van der Waals surface area (Å²) in [6.07, 6.45) is 3.59.